The highest BCUT2D eigenvalue weighted by atomic mass is 16.2. The van der Waals surface area contributed by atoms with Gasteiger partial charge in [0.25, 0.3) is 0 Å². The van der Waals surface area contributed by atoms with Gasteiger partial charge >= 0.3 is 6.03 Å². The number of rotatable bonds is 0. The number of carbonyl (C=O) groups excluding carboxylic acids is 1. The molecule has 2 heterocycles. The molecular weight excluding hydrogens is 276 g/mol. The van der Waals surface area contributed by atoms with Gasteiger partial charge in [0.15, 0.2) is 0 Å². The van der Waals surface area contributed by atoms with Crippen LogP contribution in [-0.2, 0) is 0 Å². The van der Waals surface area contributed by atoms with Crippen molar-refractivity contribution in [3.63, 3.8) is 0 Å². The van der Waals surface area contributed by atoms with Gasteiger partial charge in [0.2, 0.25) is 0 Å². The highest BCUT2D eigenvalue weighted by molar-refractivity contribution is 5.74. The SMILES string of the molecule is CC(C)(C)N1CCN(C(=O)N2CCN(C(C)(C)C)CC2)CC1. The van der Waals surface area contributed by atoms with Gasteiger partial charge in [-0.15, -0.1) is 0 Å². The summed E-state index contributed by atoms with van der Waals surface area (Å²) < 4.78 is 0. The van der Waals surface area contributed by atoms with Gasteiger partial charge in [0.05, 0.1) is 0 Å². The second-order valence-corrected chi connectivity index (χ2v) is 8.57. The Labute approximate surface area is 136 Å². The molecule has 0 aromatic heterocycles. The summed E-state index contributed by atoms with van der Waals surface area (Å²) in [7, 11) is 0. The summed E-state index contributed by atoms with van der Waals surface area (Å²) in [5.41, 5.74) is 0.404. The monoisotopic (exact) mass is 310 g/mol. The van der Waals surface area contributed by atoms with E-state index in [4.69, 9.17) is 0 Å². The van der Waals surface area contributed by atoms with E-state index in [1.807, 2.05) is 9.80 Å². The van der Waals surface area contributed by atoms with E-state index < -0.39 is 0 Å². The summed E-state index contributed by atoms with van der Waals surface area (Å²) in [6, 6.07) is 0.238. The molecule has 0 aromatic rings. The van der Waals surface area contributed by atoms with Gasteiger partial charge in [0, 0.05) is 63.4 Å². The molecule has 22 heavy (non-hydrogen) atoms. The number of piperazine rings is 2. The lowest BCUT2D eigenvalue weighted by Gasteiger charge is -2.46. The quantitative estimate of drug-likeness (QED) is 0.685. The first-order chi connectivity index (χ1) is 10.1. The summed E-state index contributed by atoms with van der Waals surface area (Å²) in [6.07, 6.45) is 0. The number of amides is 2. The van der Waals surface area contributed by atoms with Crippen LogP contribution in [0.3, 0.4) is 0 Å². The van der Waals surface area contributed by atoms with Crippen LogP contribution in [0, 0.1) is 0 Å². The smallest absolute Gasteiger partial charge is 0.320 e. The highest BCUT2D eigenvalue weighted by Gasteiger charge is 2.32. The van der Waals surface area contributed by atoms with Crippen LogP contribution in [0.1, 0.15) is 41.5 Å². The Morgan fingerprint density at radius 2 is 0.864 bits per heavy atom. The van der Waals surface area contributed by atoms with Gasteiger partial charge in [0.1, 0.15) is 0 Å². The summed E-state index contributed by atoms with van der Waals surface area (Å²) in [5.74, 6) is 0. The van der Waals surface area contributed by atoms with Crippen LogP contribution in [0.5, 0.6) is 0 Å². The van der Waals surface area contributed by atoms with Crippen molar-refractivity contribution in [2.45, 2.75) is 52.6 Å². The van der Waals surface area contributed by atoms with Gasteiger partial charge in [-0.25, -0.2) is 4.79 Å². The molecule has 128 valence electrons. The van der Waals surface area contributed by atoms with E-state index >= 15 is 0 Å². The lowest BCUT2D eigenvalue weighted by molar-refractivity contribution is 0.0428. The summed E-state index contributed by atoms with van der Waals surface area (Å²) in [4.78, 5) is 21.7. The van der Waals surface area contributed by atoms with E-state index in [9.17, 15) is 4.79 Å². The Hall–Kier alpha value is -0.810. The Morgan fingerprint density at radius 1 is 0.591 bits per heavy atom. The van der Waals surface area contributed by atoms with Crippen molar-refractivity contribution < 1.29 is 4.79 Å². The molecule has 5 nitrogen and oxygen atoms in total. The van der Waals surface area contributed by atoms with Crippen molar-refractivity contribution in [3.05, 3.63) is 0 Å². The minimum absolute atomic E-state index is 0.202. The van der Waals surface area contributed by atoms with Gasteiger partial charge < -0.3 is 9.80 Å². The predicted octanol–water partition coefficient (Wildman–Crippen LogP) is 1.94. The Kier molecular flexibility index (Phi) is 5.07. The average Bonchev–Trinajstić information content (AvgIpc) is 2.45. The molecular formula is C17H34N4O. The summed E-state index contributed by atoms with van der Waals surface area (Å²) in [5, 5.41) is 0. The standard InChI is InChI=1S/C17H34N4O/c1-16(2,3)20-11-7-18(8-12-20)15(22)19-9-13-21(14-10-19)17(4,5)6/h7-14H2,1-6H3. The molecule has 0 radical (unpaired) electrons. The molecule has 0 atom stereocenters. The third-order valence-electron chi connectivity index (χ3n) is 5.00. The molecule has 0 bridgehead atoms. The van der Waals surface area contributed by atoms with Crippen LogP contribution in [0.15, 0.2) is 0 Å². The van der Waals surface area contributed by atoms with E-state index in [-0.39, 0.29) is 17.1 Å². The zero-order chi connectivity index (χ0) is 16.5. The van der Waals surface area contributed by atoms with Crippen molar-refractivity contribution >= 4 is 6.03 Å². The predicted molar refractivity (Wildman–Crippen MR) is 91.2 cm³/mol. The van der Waals surface area contributed by atoms with Crippen molar-refractivity contribution in [3.8, 4) is 0 Å². The van der Waals surface area contributed by atoms with Crippen molar-refractivity contribution in [1.82, 2.24) is 19.6 Å². The Balaban J connectivity index is 1.82. The van der Waals surface area contributed by atoms with Gasteiger partial charge in [-0.1, -0.05) is 0 Å². The summed E-state index contributed by atoms with van der Waals surface area (Å²) in [6.45, 7) is 20.8. The largest absolute Gasteiger partial charge is 0.322 e. The number of carbonyl (C=O) groups is 1. The molecule has 2 saturated heterocycles. The zero-order valence-electron chi connectivity index (χ0n) is 15.4. The van der Waals surface area contributed by atoms with Crippen LogP contribution < -0.4 is 0 Å². The molecule has 2 rings (SSSR count). The second-order valence-electron chi connectivity index (χ2n) is 8.57. The van der Waals surface area contributed by atoms with E-state index in [1.54, 1.807) is 0 Å². The number of urea groups is 1. The highest BCUT2D eigenvalue weighted by Crippen LogP contribution is 2.19. The van der Waals surface area contributed by atoms with E-state index in [2.05, 4.69) is 51.3 Å². The normalized spacial score (nSPS) is 23.0. The third kappa shape index (κ3) is 4.13. The molecule has 0 aliphatic carbocycles. The molecule has 0 aromatic carbocycles. The fourth-order valence-electron chi connectivity index (χ4n) is 3.34. The number of nitrogens with zero attached hydrogens (tertiary/aromatic N) is 4. The maximum atomic E-state index is 12.7. The van der Waals surface area contributed by atoms with Crippen LogP contribution in [0.4, 0.5) is 4.79 Å². The molecule has 0 N–H and O–H groups in total. The minimum Gasteiger partial charge on any atom is -0.322 e. The zero-order valence-corrected chi connectivity index (χ0v) is 15.4. The van der Waals surface area contributed by atoms with Gasteiger partial charge in [-0.2, -0.15) is 0 Å². The van der Waals surface area contributed by atoms with E-state index in [1.165, 1.54) is 0 Å². The topological polar surface area (TPSA) is 30.0 Å². The summed E-state index contributed by atoms with van der Waals surface area (Å²) >= 11 is 0. The molecule has 0 saturated carbocycles. The van der Waals surface area contributed by atoms with Crippen LogP contribution >= 0.6 is 0 Å². The van der Waals surface area contributed by atoms with Crippen molar-refractivity contribution in [1.29, 1.82) is 0 Å². The fourth-order valence-corrected chi connectivity index (χ4v) is 3.34. The van der Waals surface area contributed by atoms with Crippen LogP contribution in [0.2, 0.25) is 0 Å². The average molecular weight is 310 g/mol. The first-order valence-electron chi connectivity index (χ1n) is 8.63. The third-order valence-corrected chi connectivity index (χ3v) is 5.00. The van der Waals surface area contributed by atoms with Crippen molar-refractivity contribution in [2.24, 2.45) is 0 Å². The van der Waals surface area contributed by atoms with Gasteiger partial charge in [-0.3, -0.25) is 9.80 Å². The van der Waals surface area contributed by atoms with E-state index in [0.29, 0.717) is 0 Å². The van der Waals surface area contributed by atoms with Crippen molar-refractivity contribution in [2.75, 3.05) is 52.4 Å². The maximum Gasteiger partial charge on any atom is 0.320 e. The maximum absolute atomic E-state index is 12.7. The molecule has 0 spiro atoms. The van der Waals surface area contributed by atoms with Crippen LogP contribution in [0.25, 0.3) is 0 Å². The second kappa shape index (κ2) is 6.36. The Bertz CT molecular complexity index is 344. The lowest BCUT2D eigenvalue weighted by atomic mass is 10.0. The van der Waals surface area contributed by atoms with E-state index in [0.717, 1.165) is 52.4 Å². The first-order valence-corrected chi connectivity index (χ1v) is 8.63. The van der Waals surface area contributed by atoms with Crippen LogP contribution in [-0.4, -0.2) is 89.1 Å². The van der Waals surface area contributed by atoms with Gasteiger partial charge in [-0.05, 0) is 41.5 Å². The Morgan fingerprint density at radius 3 is 1.09 bits per heavy atom. The number of hydrogen-bond donors (Lipinski definition) is 0. The molecule has 0 unspecified atom stereocenters. The molecule has 2 fully saturated rings. The molecule has 5 heteroatoms. The minimum atomic E-state index is 0.202. The lowest BCUT2D eigenvalue weighted by Crippen LogP contribution is -2.60. The first kappa shape index (κ1) is 17.5. The molecule has 2 aliphatic rings. The number of hydrogen-bond acceptors (Lipinski definition) is 3. The fraction of sp³-hybridized carbons (Fsp3) is 0.941. The molecule has 2 amide bonds. The molecule has 2 aliphatic heterocycles.